The number of hydrogen-bond acceptors (Lipinski definition) is 1. The molecule has 0 unspecified atom stereocenters. The molecule has 1 aromatic heterocycles. The first kappa shape index (κ1) is 22.5. The largest absolute Gasteiger partial charge is 0.455 e. The fraction of sp³-hybridized carbons (Fsp3) is 0.273. The van der Waals surface area contributed by atoms with Gasteiger partial charge in [0.1, 0.15) is 11.2 Å². The van der Waals surface area contributed by atoms with E-state index < -0.39 is 0 Å². The van der Waals surface area contributed by atoms with Crippen LogP contribution < -0.4 is 0 Å². The lowest BCUT2D eigenvalue weighted by Crippen LogP contribution is -2.16. The van der Waals surface area contributed by atoms with Crippen LogP contribution in [0.4, 0.5) is 0 Å². The normalized spacial score (nSPS) is 12.6. The average molecular weight is 447 g/mol. The van der Waals surface area contributed by atoms with Gasteiger partial charge in [-0.2, -0.15) is 0 Å². The highest BCUT2D eigenvalue weighted by molar-refractivity contribution is 6.09. The van der Waals surface area contributed by atoms with Gasteiger partial charge in [-0.15, -0.1) is 0 Å². The second-order valence-corrected chi connectivity index (χ2v) is 11.6. The van der Waals surface area contributed by atoms with Crippen molar-refractivity contribution < 1.29 is 4.42 Å². The third-order valence-corrected chi connectivity index (χ3v) is 7.00. The van der Waals surface area contributed by atoms with E-state index in [1.807, 2.05) is 6.07 Å². The Hall–Kier alpha value is -3.32. The van der Waals surface area contributed by atoms with Crippen molar-refractivity contribution in [2.75, 3.05) is 0 Å². The molecule has 0 aliphatic carbocycles. The molecule has 5 rings (SSSR count). The molecule has 172 valence electrons. The van der Waals surface area contributed by atoms with Crippen LogP contribution in [0.2, 0.25) is 0 Å². The zero-order valence-corrected chi connectivity index (χ0v) is 21.4. The number of rotatable bonds is 2. The van der Waals surface area contributed by atoms with Crippen molar-refractivity contribution in [3.63, 3.8) is 0 Å². The minimum atomic E-state index is 0.0847. The first-order valence-corrected chi connectivity index (χ1v) is 12.2. The van der Waals surface area contributed by atoms with Crippen LogP contribution in [0.25, 0.3) is 44.2 Å². The quantitative estimate of drug-likeness (QED) is 0.263. The molecule has 34 heavy (non-hydrogen) atoms. The summed E-state index contributed by atoms with van der Waals surface area (Å²) >= 11 is 0. The Bertz CT molecular complexity index is 1480. The summed E-state index contributed by atoms with van der Waals surface area (Å²) in [6, 6.07) is 28.6. The van der Waals surface area contributed by atoms with Crippen molar-refractivity contribution in [1.29, 1.82) is 0 Å². The lowest BCUT2D eigenvalue weighted by molar-refractivity contribution is 0.569. The molecule has 0 radical (unpaired) electrons. The Morgan fingerprint density at radius 3 is 1.79 bits per heavy atom. The molecule has 0 aliphatic rings. The minimum absolute atomic E-state index is 0.0847. The molecule has 5 aromatic rings. The summed E-state index contributed by atoms with van der Waals surface area (Å²) in [5, 5.41) is 2.34. The van der Waals surface area contributed by atoms with E-state index in [0.29, 0.717) is 0 Å². The molecular formula is C33H34O. The van der Waals surface area contributed by atoms with E-state index in [1.165, 1.54) is 44.2 Å². The van der Waals surface area contributed by atoms with Crippen molar-refractivity contribution in [2.45, 2.75) is 59.3 Å². The van der Waals surface area contributed by atoms with Gasteiger partial charge in [0.2, 0.25) is 0 Å². The van der Waals surface area contributed by atoms with E-state index in [9.17, 15) is 0 Å². The van der Waals surface area contributed by atoms with Crippen LogP contribution in [0, 0.1) is 6.92 Å². The first-order valence-electron chi connectivity index (χ1n) is 12.2. The van der Waals surface area contributed by atoms with E-state index >= 15 is 0 Å². The van der Waals surface area contributed by atoms with Crippen LogP contribution in [-0.4, -0.2) is 0 Å². The van der Waals surface area contributed by atoms with E-state index in [1.54, 1.807) is 0 Å². The summed E-state index contributed by atoms with van der Waals surface area (Å²) in [5.74, 6) is 0. The number of para-hydroxylation sites is 2. The second-order valence-electron chi connectivity index (χ2n) is 11.6. The zero-order valence-electron chi connectivity index (χ0n) is 21.4. The van der Waals surface area contributed by atoms with Crippen molar-refractivity contribution in [3.8, 4) is 22.3 Å². The fourth-order valence-corrected chi connectivity index (χ4v) is 4.85. The SMILES string of the molecule is Cc1c(-c2cc(C(C)(C)C)cc(C(C)(C)C)c2)cccc1-c1cccc2c1oc1ccccc12. The first-order chi connectivity index (χ1) is 16.0. The van der Waals surface area contributed by atoms with Crippen molar-refractivity contribution in [1.82, 2.24) is 0 Å². The highest BCUT2D eigenvalue weighted by atomic mass is 16.3. The minimum Gasteiger partial charge on any atom is -0.455 e. The predicted molar refractivity (Wildman–Crippen MR) is 147 cm³/mol. The maximum Gasteiger partial charge on any atom is 0.143 e. The highest BCUT2D eigenvalue weighted by Gasteiger charge is 2.22. The van der Waals surface area contributed by atoms with E-state index in [0.717, 1.165) is 16.7 Å². The molecule has 0 bridgehead atoms. The third-order valence-electron chi connectivity index (χ3n) is 7.00. The standard InChI is InChI=1S/C33H34O/c1-21-25(22-18-23(32(2,3)4)20-24(19-22)33(5,6)7)13-10-14-26(21)28-15-11-16-29-27-12-8-9-17-30(27)34-31(28)29/h8-20H,1-7H3. The van der Waals surface area contributed by atoms with Crippen LogP contribution in [0.3, 0.4) is 0 Å². The van der Waals surface area contributed by atoms with Crippen molar-refractivity contribution >= 4 is 21.9 Å². The van der Waals surface area contributed by atoms with Crippen molar-refractivity contribution in [3.05, 3.63) is 95.6 Å². The monoisotopic (exact) mass is 446 g/mol. The zero-order chi connectivity index (χ0) is 24.3. The van der Waals surface area contributed by atoms with Crippen LogP contribution in [-0.2, 0) is 10.8 Å². The Labute approximate surface area is 203 Å². The number of benzene rings is 4. The van der Waals surface area contributed by atoms with Gasteiger partial charge in [-0.05, 0) is 57.2 Å². The summed E-state index contributed by atoms with van der Waals surface area (Å²) in [4.78, 5) is 0. The second kappa shape index (κ2) is 7.87. The molecule has 0 amide bonds. The maximum atomic E-state index is 6.37. The fourth-order valence-electron chi connectivity index (χ4n) is 4.85. The molecule has 0 aliphatic heterocycles. The van der Waals surface area contributed by atoms with Gasteiger partial charge in [-0.1, -0.05) is 114 Å². The van der Waals surface area contributed by atoms with E-state index in [2.05, 4.69) is 121 Å². The number of furan rings is 1. The Balaban J connectivity index is 1.74. The predicted octanol–water partition coefficient (Wildman–Crippen LogP) is 9.82. The molecule has 0 atom stereocenters. The number of fused-ring (bicyclic) bond motifs is 3. The molecule has 0 saturated heterocycles. The summed E-state index contributed by atoms with van der Waals surface area (Å²) in [6.07, 6.45) is 0. The van der Waals surface area contributed by atoms with Crippen LogP contribution in [0.5, 0.6) is 0 Å². The van der Waals surface area contributed by atoms with Gasteiger partial charge in [0, 0.05) is 16.3 Å². The van der Waals surface area contributed by atoms with Crippen LogP contribution >= 0.6 is 0 Å². The van der Waals surface area contributed by atoms with Gasteiger partial charge >= 0.3 is 0 Å². The van der Waals surface area contributed by atoms with E-state index in [4.69, 9.17) is 4.42 Å². The topological polar surface area (TPSA) is 13.1 Å². The summed E-state index contributed by atoms with van der Waals surface area (Å²) in [7, 11) is 0. The Kier molecular flexibility index (Phi) is 5.20. The van der Waals surface area contributed by atoms with Crippen molar-refractivity contribution in [2.24, 2.45) is 0 Å². The molecule has 0 fully saturated rings. The Morgan fingerprint density at radius 2 is 1.12 bits per heavy atom. The van der Waals surface area contributed by atoms with Gasteiger partial charge in [0.25, 0.3) is 0 Å². The van der Waals surface area contributed by atoms with Gasteiger partial charge in [0.15, 0.2) is 0 Å². The third kappa shape index (κ3) is 3.84. The molecule has 1 heteroatoms. The lowest BCUT2D eigenvalue weighted by Gasteiger charge is -2.27. The van der Waals surface area contributed by atoms with Crippen LogP contribution in [0.15, 0.2) is 83.3 Å². The van der Waals surface area contributed by atoms with Crippen LogP contribution in [0.1, 0.15) is 58.2 Å². The summed E-state index contributed by atoms with van der Waals surface area (Å²) in [5.41, 5.74) is 11.0. The lowest BCUT2D eigenvalue weighted by atomic mass is 9.78. The number of hydrogen-bond donors (Lipinski definition) is 0. The highest BCUT2D eigenvalue weighted by Crippen LogP contribution is 2.40. The Morgan fingerprint density at radius 1 is 0.559 bits per heavy atom. The summed E-state index contributed by atoms with van der Waals surface area (Å²) < 4.78 is 6.37. The van der Waals surface area contributed by atoms with Gasteiger partial charge in [-0.25, -0.2) is 0 Å². The molecule has 1 heterocycles. The average Bonchev–Trinajstić information content (AvgIpc) is 3.17. The molecule has 0 saturated carbocycles. The smallest absolute Gasteiger partial charge is 0.143 e. The maximum absolute atomic E-state index is 6.37. The summed E-state index contributed by atoms with van der Waals surface area (Å²) in [6.45, 7) is 16.0. The van der Waals surface area contributed by atoms with E-state index in [-0.39, 0.29) is 10.8 Å². The van der Waals surface area contributed by atoms with Gasteiger partial charge < -0.3 is 4.42 Å². The molecule has 1 nitrogen and oxygen atoms in total. The van der Waals surface area contributed by atoms with Gasteiger partial charge in [-0.3, -0.25) is 0 Å². The molecule has 0 spiro atoms. The van der Waals surface area contributed by atoms with Gasteiger partial charge in [0.05, 0.1) is 0 Å². The molecule has 4 aromatic carbocycles. The molecule has 0 N–H and O–H groups in total. The molecular weight excluding hydrogens is 412 g/mol.